The van der Waals surface area contributed by atoms with Gasteiger partial charge in [-0.05, 0) is 18.9 Å². The topological polar surface area (TPSA) is 107 Å². The third-order valence-corrected chi connectivity index (χ3v) is 5.04. The van der Waals surface area contributed by atoms with E-state index in [2.05, 4.69) is 0 Å². The predicted octanol–water partition coefficient (Wildman–Crippen LogP) is 0.846. The van der Waals surface area contributed by atoms with Crippen molar-refractivity contribution < 1.29 is 17.7 Å². The largest absolute Gasteiger partial charge is 0.327 e. The lowest BCUT2D eigenvalue weighted by Crippen LogP contribution is -2.45. The number of sulfonamides is 1. The lowest BCUT2D eigenvalue weighted by Gasteiger charge is -2.29. The Morgan fingerprint density at radius 3 is 2.75 bits per heavy atom. The Morgan fingerprint density at radius 1 is 1.45 bits per heavy atom. The summed E-state index contributed by atoms with van der Waals surface area (Å²) in [5.74, 6) is -1.00. The fraction of sp³-hybridized carbons (Fsp3) is 0.455. The van der Waals surface area contributed by atoms with E-state index in [1.165, 1.54) is 0 Å². The molecule has 1 aliphatic rings. The third-order valence-electron chi connectivity index (χ3n) is 3.16. The minimum absolute atomic E-state index is 0.0878. The van der Waals surface area contributed by atoms with Gasteiger partial charge in [-0.2, -0.15) is 4.31 Å². The number of non-ortho nitro benzene ring substituents is 1. The zero-order chi connectivity index (χ0) is 14.9. The Hall–Kier alpha value is -1.58. The summed E-state index contributed by atoms with van der Waals surface area (Å²) in [6.07, 6.45) is 1.28. The molecule has 1 saturated heterocycles. The third kappa shape index (κ3) is 2.79. The van der Waals surface area contributed by atoms with Crippen LogP contribution in [0, 0.1) is 15.9 Å². The summed E-state index contributed by atoms with van der Waals surface area (Å²) in [4.78, 5) is 9.23. The van der Waals surface area contributed by atoms with E-state index in [1.807, 2.05) is 0 Å². The van der Waals surface area contributed by atoms with Crippen LogP contribution in [0.2, 0.25) is 0 Å². The molecule has 2 N–H and O–H groups in total. The molecule has 0 saturated carbocycles. The summed E-state index contributed by atoms with van der Waals surface area (Å²) in [6.45, 7) is 0.322. The SMILES string of the molecule is NC1CCCN(S(=O)(=O)c2cc([N+](=O)[O-])ccc2F)C1. The zero-order valence-electron chi connectivity index (χ0n) is 10.5. The molecule has 1 atom stereocenters. The lowest BCUT2D eigenvalue weighted by molar-refractivity contribution is -0.385. The summed E-state index contributed by atoms with van der Waals surface area (Å²) in [5, 5.41) is 10.7. The summed E-state index contributed by atoms with van der Waals surface area (Å²) in [5.41, 5.74) is 5.24. The average molecular weight is 303 g/mol. The van der Waals surface area contributed by atoms with Crippen molar-refractivity contribution in [2.75, 3.05) is 13.1 Å². The van der Waals surface area contributed by atoms with Gasteiger partial charge in [-0.25, -0.2) is 12.8 Å². The Morgan fingerprint density at radius 2 is 2.15 bits per heavy atom. The normalized spacial score (nSPS) is 20.8. The van der Waals surface area contributed by atoms with Crippen LogP contribution in [-0.4, -0.2) is 36.8 Å². The first-order valence-electron chi connectivity index (χ1n) is 6.02. The highest BCUT2D eigenvalue weighted by atomic mass is 32.2. The first kappa shape index (κ1) is 14.8. The van der Waals surface area contributed by atoms with Crippen molar-refractivity contribution in [2.45, 2.75) is 23.8 Å². The molecule has 2 rings (SSSR count). The van der Waals surface area contributed by atoms with Crippen LogP contribution in [0.4, 0.5) is 10.1 Å². The van der Waals surface area contributed by atoms with E-state index in [4.69, 9.17) is 5.73 Å². The summed E-state index contributed by atoms with van der Waals surface area (Å²) in [7, 11) is -4.11. The number of nitrogens with two attached hydrogens (primary N) is 1. The first-order chi connectivity index (χ1) is 9.32. The highest BCUT2D eigenvalue weighted by Crippen LogP contribution is 2.26. The number of nitro groups is 1. The van der Waals surface area contributed by atoms with Crippen LogP contribution in [0.15, 0.2) is 23.1 Å². The maximum Gasteiger partial charge on any atom is 0.270 e. The highest BCUT2D eigenvalue weighted by Gasteiger charge is 2.32. The fourth-order valence-corrected chi connectivity index (χ4v) is 3.75. The van der Waals surface area contributed by atoms with Gasteiger partial charge in [0.15, 0.2) is 0 Å². The van der Waals surface area contributed by atoms with Crippen LogP contribution in [0.25, 0.3) is 0 Å². The molecule has 1 aromatic carbocycles. The predicted molar refractivity (Wildman–Crippen MR) is 69.0 cm³/mol. The van der Waals surface area contributed by atoms with Crippen molar-refractivity contribution in [3.63, 3.8) is 0 Å². The monoisotopic (exact) mass is 303 g/mol. The van der Waals surface area contributed by atoms with Crippen LogP contribution in [0.1, 0.15) is 12.8 Å². The smallest absolute Gasteiger partial charge is 0.270 e. The Labute approximate surface area is 115 Å². The van der Waals surface area contributed by atoms with E-state index in [9.17, 15) is 22.9 Å². The number of hydrogen-bond donors (Lipinski definition) is 1. The standard InChI is InChI=1S/C11H14FN3O4S/c12-10-4-3-9(15(16)17)6-11(10)20(18,19)14-5-1-2-8(13)7-14/h3-4,6,8H,1-2,5,7,13H2. The van der Waals surface area contributed by atoms with Crippen molar-refractivity contribution >= 4 is 15.7 Å². The van der Waals surface area contributed by atoms with Gasteiger partial charge in [-0.15, -0.1) is 0 Å². The van der Waals surface area contributed by atoms with E-state index in [1.54, 1.807) is 0 Å². The molecule has 20 heavy (non-hydrogen) atoms. The van der Waals surface area contributed by atoms with Gasteiger partial charge in [0.25, 0.3) is 5.69 Å². The molecule has 0 aromatic heterocycles. The van der Waals surface area contributed by atoms with Gasteiger partial charge in [0, 0.05) is 31.3 Å². The summed E-state index contributed by atoms with van der Waals surface area (Å²) in [6, 6.07) is 2.15. The van der Waals surface area contributed by atoms with Gasteiger partial charge in [0.2, 0.25) is 10.0 Å². The molecule has 7 nitrogen and oxygen atoms in total. The summed E-state index contributed by atoms with van der Waals surface area (Å²) >= 11 is 0. The highest BCUT2D eigenvalue weighted by molar-refractivity contribution is 7.89. The molecule has 0 aliphatic carbocycles. The number of nitrogens with zero attached hydrogens (tertiary/aromatic N) is 2. The van der Waals surface area contributed by atoms with Crippen LogP contribution in [0.3, 0.4) is 0 Å². The molecular formula is C11H14FN3O4S. The second kappa shape index (κ2) is 5.43. The molecular weight excluding hydrogens is 289 g/mol. The molecule has 110 valence electrons. The van der Waals surface area contributed by atoms with Gasteiger partial charge in [0.05, 0.1) is 4.92 Å². The van der Waals surface area contributed by atoms with Crippen molar-refractivity contribution in [2.24, 2.45) is 5.73 Å². The van der Waals surface area contributed by atoms with Crippen LogP contribution < -0.4 is 5.73 Å². The molecule has 0 bridgehead atoms. The zero-order valence-corrected chi connectivity index (χ0v) is 11.3. The number of nitro benzene ring substituents is 1. The van der Waals surface area contributed by atoms with Crippen molar-refractivity contribution in [1.82, 2.24) is 4.31 Å². The van der Waals surface area contributed by atoms with Gasteiger partial charge >= 0.3 is 0 Å². The maximum absolute atomic E-state index is 13.7. The van der Waals surface area contributed by atoms with Crippen molar-refractivity contribution in [3.05, 3.63) is 34.1 Å². The van der Waals surface area contributed by atoms with E-state index in [0.29, 0.717) is 12.8 Å². The Kier molecular flexibility index (Phi) is 4.02. The Bertz CT molecular complexity index is 635. The molecule has 1 aliphatic heterocycles. The van der Waals surface area contributed by atoms with Gasteiger partial charge in [-0.3, -0.25) is 10.1 Å². The van der Waals surface area contributed by atoms with Crippen LogP contribution in [-0.2, 0) is 10.0 Å². The second-order valence-electron chi connectivity index (χ2n) is 4.64. The lowest BCUT2D eigenvalue weighted by atomic mass is 10.1. The van der Waals surface area contributed by atoms with Gasteiger partial charge < -0.3 is 5.73 Å². The fourth-order valence-electron chi connectivity index (χ4n) is 2.13. The molecule has 1 heterocycles. The number of rotatable bonds is 3. The molecule has 1 unspecified atom stereocenters. The molecule has 1 aromatic rings. The molecule has 0 radical (unpaired) electrons. The molecule has 9 heteroatoms. The minimum atomic E-state index is -4.11. The average Bonchev–Trinajstić information content (AvgIpc) is 2.38. The second-order valence-corrected chi connectivity index (χ2v) is 6.54. The molecule has 0 amide bonds. The van der Waals surface area contributed by atoms with E-state index < -0.39 is 31.3 Å². The summed E-state index contributed by atoms with van der Waals surface area (Å²) < 4.78 is 39.5. The van der Waals surface area contributed by atoms with Gasteiger partial charge in [-0.1, -0.05) is 0 Å². The van der Waals surface area contributed by atoms with E-state index in [-0.39, 0.29) is 19.1 Å². The van der Waals surface area contributed by atoms with Crippen LogP contribution in [0.5, 0.6) is 0 Å². The van der Waals surface area contributed by atoms with Crippen molar-refractivity contribution in [3.8, 4) is 0 Å². The van der Waals surface area contributed by atoms with Crippen LogP contribution >= 0.6 is 0 Å². The number of halogens is 1. The molecule has 1 fully saturated rings. The number of benzene rings is 1. The quantitative estimate of drug-likeness (QED) is 0.658. The van der Waals surface area contributed by atoms with Crippen molar-refractivity contribution in [1.29, 1.82) is 0 Å². The first-order valence-corrected chi connectivity index (χ1v) is 7.46. The van der Waals surface area contributed by atoms with E-state index >= 15 is 0 Å². The van der Waals surface area contributed by atoms with Gasteiger partial charge in [0.1, 0.15) is 10.7 Å². The number of hydrogen-bond acceptors (Lipinski definition) is 5. The van der Waals surface area contributed by atoms with E-state index in [0.717, 1.165) is 22.5 Å². The maximum atomic E-state index is 13.7. The molecule has 0 spiro atoms. The minimum Gasteiger partial charge on any atom is -0.327 e. The Balaban J connectivity index is 2.43. The number of piperidine rings is 1.